The van der Waals surface area contributed by atoms with Gasteiger partial charge < -0.3 is 19.1 Å². The maximum absolute atomic E-state index is 12.7. The third kappa shape index (κ3) is 4.21. The van der Waals surface area contributed by atoms with E-state index in [0.717, 1.165) is 5.56 Å². The number of amides is 1. The largest absolute Gasteiger partial charge is 0.478 e. The van der Waals surface area contributed by atoms with E-state index in [9.17, 15) is 9.59 Å². The average molecular weight is 355 g/mol. The normalized spacial score (nSPS) is 16.0. The number of fused-ring (bicyclic) bond motifs is 1. The Balaban J connectivity index is 1.65. The third-order valence-corrected chi connectivity index (χ3v) is 4.12. The predicted molar refractivity (Wildman–Crippen MR) is 95.9 cm³/mol. The molecule has 0 bridgehead atoms. The Hall–Kier alpha value is -2.86. The number of benzene rings is 2. The van der Waals surface area contributed by atoms with Crippen LogP contribution < -0.4 is 9.64 Å². The Morgan fingerprint density at radius 1 is 1.12 bits per heavy atom. The van der Waals surface area contributed by atoms with Gasteiger partial charge in [-0.25, -0.2) is 0 Å². The molecule has 1 amide bonds. The lowest BCUT2D eigenvalue weighted by Gasteiger charge is -2.34. The molecule has 0 aliphatic carbocycles. The van der Waals surface area contributed by atoms with Crippen LogP contribution in [0.15, 0.2) is 54.6 Å². The van der Waals surface area contributed by atoms with Crippen LogP contribution in [0.1, 0.15) is 12.0 Å². The van der Waals surface area contributed by atoms with Crippen LogP contribution in [0.5, 0.6) is 5.75 Å². The van der Waals surface area contributed by atoms with Gasteiger partial charge in [0.2, 0.25) is 0 Å². The van der Waals surface area contributed by atoms with Crippen LogP contribution in [-0.4, -0.2) is 38.2 Å². The summed E-state index contributed by atoms with van der Waals surface area (Å²) < 4.78 is 16.0. The molecule has 1 aliphatic heterocycles. The van der Waals surface area contributed by atoms with Gasteiger partial charge in [0.25, 0.3) is 5.91 Å². The third-order valence-electron chi connectivity index (χ3n) is 4.12. The molecule has 0 fully saturated rings. The number of rotatable bonds is 7. The Labute approximate surface area is 152 Å². The predicted octanol–water partition coefficient (Wildman–Crippen LogP) is 2.56. The minimum Gasteiger partial charge on any atom is -0.478 e. The van der Waals surface area contributed by atoms with Crippen LogP contribution in [0, 0.1) is 0 Å². The van der Waals surface area contributed by atoms with E-state index in [4.69, 9.17) is 9.47 Å². The summed E-state index contributed by atoms with van der Waals surface area (Å²) in [5, 5.41) is 0. The Bertz CT molecular complexity index is 762. The molecule has 0 aromatic heterocycles. The number of methoxy groups -OCH3 is 1. The second-order valence-electron chi connectivity index (χ2n) is 5.88. The van der Waals surface area contributed by atoms with E-state index in [1.165, 1.54) is 7.11 Å². The van der Waals surface area contributed by atoms with Crippen molar-refractivity contribution in [2.24, 2.45) is 0 Å². The Morgan fingerprint density at radius 2 is 1.85 bits per heavy atom. The van der Waals surface area contributed by atoms with Crippen LogP contribution in [0.4, 0.5) is 5.69 Å². The number of nitrogens with zero attached hydrogens (tertiary/aromatic N) is 1. The molecule has 6 heteroatoms. The summed E-state index contributed by atoms with van der Waals surface area (Å²) >= 11 is 0. The number of anilines is 1. The monoisotopic (exact) mass is 355 g/mol. The van der Waals surface area contributed by atoms with E-state index in [-0.39, 0.29) is 12.3 Å². The van der Waals surface area contributed by atoms with Gasteiger partial charge in [0, 0.05) is 6.54 Å². The van der Waals surface area contributed by atoms with Crippen LogP contribution in [-0.2, 0) is 25.7 Å². The second-order valence-corrected chi connectivity index (χ2v) is 5.88. The number of carbonyl (C=O) groups is 2. The lowest BCUT2D eigenvalue weighted by Crippen LogP contribution is -2.48. The molecule has 0 spiro atoms. The fourth-order valence-corrected chi connectivity index (χ4v) is 2.79. The molecule has 3 rings (SSSR count). The number of esters is 1. The van der Waals surface area contributed by atoms with Crippen LogP contribution in [0.3, 0.4) is 0 Å². The molecule has 0 radical (unpaired) electrons. The van der Waals surface area contributed by atoms with E-state index in [2.05, 4.69) is 4.74 Å². The van der Waals surface area contributed by atoms with Gasteiger partial charge in [-0.2, -0.15) is 0 Å². The van der Waals surface area contributed by atoms with Gasteiger partial charge in [-0.05, 0) is 17.7 Å². The number of ether oxygens (including phenoxy) is 3. The minimum absolute atomic E-state index is 0.120. The summed E-state index contributed by atoms with van der Waals surface area (Å²) in [6.45, 7) is 1.23. The van der Waals surface area contributed by atoms with Gasteiger partial charge in [-0.1, -0.05) is 42.5 Å². The molecule has 0 saturated carbocycles. The molecule has 1 aliphatic rings. The minimum atomic E-state index is -0.883. The Kier molecular flexibility index (Phi) is 5.86. The molecular formula is C20H21NO5. The van der Waals surface area contributed by atoms with E-state index >= 15 is 0 Å². The number of hydrogen-bond acceptors (Lipinski definition) is 5. The highest BCUT2D eigenvalue weighted by Crippen LogP contribution is 2.34. The van der Waals surface area contributed by atoms with Crippen molar-refractivity contribution in [1.29, 1.82) is 0 Å². The molecule has 26 heavy (non-hydrogen) atoms. The van der Waals surface area contributed by atoms with E-state index in [1.54, 1.807) is 11.0 Å². The summed E-state index contributed by atoms with van der Waals surface area (Å²) in [4.78, 5) is 25.9. The first-order valence-electron chi connectivity index (χ1n) is 8.44. The van der Waals surface area contributed by atoms with Gasteiger partial charge in [-0.3, -0.25) is 9.59 Å². The summed E-state index contributed by atoms with van der Waals surface area (Å²) in [6.07, 6.45) is -1.00. The van der Waals surface area contributed by atoms with Crippen LogP contribution in [0.25, 0.3) is 0 Å². The second kappa shape index (κ2) is 8.49. The lowest BCUT2D eigenvalue weighted by molar-refractivity contribution is -0.145. The fourth-order valence-electron chi connectivity index (χ4n) is 2.79. The molecule has 0 N–H and O–H groups in total. The average Bonchev–Trinajstić information content (AvgIpc) is 2.68. The number of hydrogen-bond donors (Lipinski definition) is 0. The highest BCUT2D eigenvalue weighted by molar-refractivity contribution is 6.01. The first-order chi connectivity index (χ1) is 12.7. The first-order valence-corrected chi connectivity index (χ1v) is 8.44. The van der Waals surface area contributed by atoms with Crippen molar-refractivity contribution >= 4 is 17.6 Å². The maximum Gasteiger partial charge on any atom is 0.309 e. The summed E-state index contributed by atoms with van der Waals surface area (Å²) in [6, 6.07) is 17.1. The highest BCUT2D eigenvalue weighted by atomic mass is 16.5. The fraction of sp³-hybridized carbons (Fsp3) is 0.300. The molecule has 1 heterocycles. The Morgan fingerprint density at radius 3 is 2.62 bits per heavy atom. The summed E-state index contributed by atoms with van der Waals surface area (Å²) in [7, 11) is 1.29. The molecule has 6 nitrogen and oxygen atoms in total. The smallest absolute Gasteiger partial charge is 0.309 e. The van der Waals surface area contributed by atoms with Crippen molar-refractivity contribution < 1.29 is 23.8 Å². The molecule has 2 aromatic carbocycles. The first kappa shape index (κ1) is 17.9. The molecule has 1 atom stereocenters. The molecule has 136 valence electrons. The zero-order valence-corrected chi connectivity index (χ0v) is 14.6. The van der Waals surface area contributed by atoms with Crippen molar-refractivity contribution in [3.63, 3.8) is 0 Å². The molecule has 0 saturated heterocycles. The van der Waals surface area contributed by atoms with Crippen LogP contribution in [0.2, 0.25) is 0 Å². The van der Waals surface area contributed by atoms with E-state index < -0.39 is 12.1 Å². The zero-order valence-electron chi connectivity index (χ0n) is 14.6. The van der Waals surface area contributed by atoms with Crippen LogP contribution >= 0.6 is 0 Å². The highest BCUT2D eigenvalue weighted by Gasteiger charge is 2.35. The molecule has 2 aromatic rings. The van der Waals surface area contributed by atoms with Crippen molar-refractivity contribution in [3.8, 4) is 5.75 Å². The van der Waals surface area contributed by atoms with Gasteiger partial charge in [0.05, 0.1) is 32.4 Å². The van der Waals surface area contributed by atoms with Crippen molar-refractivity contribution in [3.05, 3.63) is 60.2 Å². The van der Waals surface area contributed by atoms with E-state index in [1.807, 2.05) is 48.5 Å². The van der Waals surface area contributed by atoms with Gasteiger partial charge in [-0.15, -0.1) is 0 Å². The van der Waals surface area contributed by atoms with Gasteiger partial charge in [0.15, 0.2) is 6.10 Å². The SMILES string of the molecule is COC(=O)C[C@@H]1Oc2ccccc2N(CCOCc2ccccc2)C1=O. The zero-order chi connectivity index (χ0) is 18.4. The number of para-hydroxylation sites is 2. The number of carbonyl (C=O) groups excluding carboxylic acids is 2. The quantitative estimate of drug-likeness (QED) is 0.564. The lowest BCUT2D eigenvalue weighted by atomic mass is 10.1. The summed E-state index contributed by atoms with van der Waals surface area (Å²) in [5.41, 5.74) is 1.76. The maximum atomic E-state index is 12.7. The van der Waals surface area contributed by atoms with Crippen molar-refractivity contribution in [1.82, 2.24) is 0 Å². The molecular weight excluding hydrogens is 334 g/mol. The topological polar surface area (TPSA) is 65.1 Å². The van der Waals surface area contributed by atoms with E-state index in [0.29, 0.717) is 31.2 Å². The standard InChI is InChI=1S/C20H21NO5/c1-24-19(22)13-18-20(23)21(16-9-5-6-10-17(16)26-18)11-12-25-14-15-7-3-2-4-8-15/h2-10,18H,11-14H2,1H3/t18-/m0/s1. The van der Waals surface area contributed by atoms with Crippen molar-refractivity contribution in [2.45, 2.75) is 19.1 Å². The van der Waals surface area contributed by atoms with Crippen molar-refractivity contribution in [2.75, 3.05) is 25.2 Å². The van der Waals surface area contributed by atoms with Gasteiger partial charge in [0.1, 0.15) is 5.75 Å². The molecule has 0 unspecified atom stereocenters. The summed E-state index contributed by atoms with van der Waals surface area (Å²) in [5.74, 6) is -0.176. The van der Waals surface area contributed by atoms with Gasteiger partial charge >= 0.3 is 5.97 Å².